The maximum Gasteiger partial charge on any atom is 0.0417 e. The molecule has 0 saturated carbocycles. The molecule has 15 heavy (non-hydrogen) atoms. The monoisotopic (exact) mass is 290 g/mol. The molecule has 0 aliphatic heterocycles. The molecule has 0 atom stereocenters. The van der Waals surface area contributed by atoms with E-state index in [0.29, 0.717) is 0 Å². The van der Waals surface area contributed by atoms with Crippen LogP contribution in [-0.2, 0) is 6.54 Å². The van der Waals surface area contributed by atoms with E-state index >= 15 is 0 Å². The van der Waals surface area contributed by atoms with Crippen LogP contribution < -0.4 is 5.32 Å². The number of likely N-dealkylation sites (N-methyl/N-ethyl adjacent to an activating group) is 2. The van der Waals surface area contributed by atoms with Gasteiger partial charge in [-0.05, 0) is 31.8 Å². The van der Waals surface area contributed by atoms with Crippen molar-refractivity contribution in [2.75, 3.05) is 27.2 Å². The van der Waals surface area contributed by atoms with Crippen LogP contribution in [0.5, 0.6) is 0 Å². The highest BCUT2D eigenvalue weighted by molar-refractivity contribution is 9.10. The third-order valence-electron chi connectivity index (χ3n) is 2.20. The molecule has 1 aromatic rings. The number of hydrogen-bond acceptors (Lipinski definition) is 2. The summed E-state index contributed by atoms with van der Waals surface area (Å²) < 4.78 is 1.08. The Labute approximate surface area is 105 Å². The third kappa shape index (κ3) is 4.51. The van der Waals surface area contributed by atoms with Crippen molar-refractivity contribution in [3.8, 4) is 0 Å². The van der Waals surface area contributed by atoms with Gasteiger partial charge in [-0.15, -0.1) is 0 Å². The molecule has 0 spiro atoms. The number of nitrogens with one attached hydrogen (secondary N) is 1. The van der Waals surface area contributed by atoms with Crippen LogP contribution in [0.1, 0.15) is 5.56 Å². The molecule has 0 saturated heterocycles. The van der Waals surface area contributed by atoms with Gasteiger partial charge in [0.2, 0.25) is 0 Å². The van der Waals surface area contributed by atoms with Gasteiger partial charge in [-0.25, -0.2) is 0 Å². The fourth-order valence-electron chi connectivity index (χ4n) is 1.32. The summed E-state index contributed by atoms with van der Waals surface area (Å²) in [6.07, 6.45) is 0. The highest BCUT2D eigenvalue weighted by Gasteiger charge is 2.04. The van der Waals surface area contributed by atoms with Gasteiger partial charge in [0, 0.05) is 29.1 Å². The molecular weight excluding hydrogens is 275 g/mol. The summed E-state index contributed by atoms with van der Waals surface area (Å²) in [6, 6.07) is 5.92. The lowest BCUT2D eigenvalue weighted by Crippen LogP contribution is -2.27. The number of nitrogens with zero attached hydrogens (tertiary/aromatic N) is 1. The lowest BCUT2D eigenvalue weighted by Gasteiger charge is -2.17. The lowest BCUT2D eigenvalue weighted by atomic mass is 10.2. The SMILES string of the molecule is CNCCN(C)Cc1ccc(Cl)cc1Br. The van der Waals surface area contributed by atoms with E-state index in [9.17, 15) is 0 Å². The smallest absolute Gasteiger partial charge is 0.0417 e. The van der Waals surface area contributed by atoms with E-state index in [0.717, 1.165) is 29.1 Å². The predicted molar refractivity (Wildman–Crippen MR) is 69.4 cm³/mol. The molecule has 0 aromatic heterocycles. The highest BCUT2D eigenvalue weighted by Crippen LogP contribution is 2.22. The molecule has 1 rings (SSSR count). The van der Waals surface area contributed by atoms with E-state index in [1.54, 1.807) is 0 Å². The Morgan fingerprint density at radius 1 is 1.47 bits per heavy atom. The maximum absolute atomic E-state index is 5.88. The molecule has 2 nitrogen and oxygen atoms in total. The summed E-state index contributed by atoms with van der Waals surface area (Å²) in [5, 5.41) is 3.90. The molecule has 0 radical (unpaired) electrons. The number of hydrogen-bond donors (Lipinski definition) is 1. The molecule has 0 aliphatic carbocycles. The summed E-state index contributed by atoms with van der Waals surface area (Å²) in [7, 11) is 4.07. The minimum absolute atomic E-state index is 0.767. The number of rotatable bonds is 5. The van der Waals surface area contributed by atoms with Gasteiger partial charge in [0.15, 0.2) is 0 Å². The molecular formula is C11H16BrClN2. The zero-order valence-corrected chi connectivity index (χ0v) is 11.4. The normalized spacial score (nSPS) is 11.0. The quantitative estimate of drug-likeness (QED) is 0.897. The summed E-state index contributed by atoms with van der Waals surface area (Å²) >= 11 is 9.40. The summed E-state index contributed by atoms with van der Waals surface area (Å²) in [4.78, 5) is 2.27. The van der Waals surface area contributed by atoms with Gasteiger partial charge in [0.1, 0.15) is 0 Å². The first kappa shape index (κ1) is 13.0. The molecule has 4 heteroatoms. The molecule has 0 amide bonds. The van der Waals surface area contributed by atoms with Crippen LogP contribution >= 0.6 is 27.5 Å². The van der Waals surface area contributed by atoms with Gasteiger partial charge in [-0.1, -0.05) is 33.6 Å². The van der Waals surface area contributed by atoms with Crippen molar-refractivity contribution in [1.29, 1.82) is 0 Å². The number of benzene rings is 1. The Hall–Kier alpha value is -0.0900. The fourth-order valence-corrected chi connectivity index (χ4v) is 2.13. The summed E-state index contributed by atoms with van der Waals surface area (Å²) in [5.74, 6) is 0. The van der Waals surface area contributed by atoms with Gasteiger partial charge in [-0.3, -0.25) is 0 Å². The van der Waals surface area contributed by atoms with Crippen molar-refractivity contribution < 1.29 is 0 Å². The molecule has 0 heterocycles. The van der Waals surface area contributed by atoms with Crippen LogP contribution in [0.3, 0.4) is 0 Å². The zero-order valence-electron chi connectivity index (χ0n) is 9.06. The molecule has 0 unspecified atom stereocenters. The van der Waals surface area contributed by atoms with E-state index in [4.69, 9.17) is 11.6 Å². The molecule has 1 aromatic carbocycles. The van der Waals surface area contributed by atoms with Crippen LogP contribution in [0, 0.1) is 0 Å². The van der Waals surface area contributed by atoms with Crippen LogP contribution in [0.4, 0.5) is 0 Å². The Bertz CT molecular complexity index is 317. The molecule has 0 bridgehead atoms. The fraction of sp³-hybridized carbons (Fsp3) is 0.455. The third-order valence-corrected chi connectivity index (χ3v) is 3.17. The van der Waals surface area contributed by atoms with Crippen molar-refractivity contribution >= 4 is 27.5 Å². The van der Waals surface area contributed by atoms with Crippen LogP contribution in [0.2, 0.25) is 5.02 Å². The first-order valence-electron chi connectivity index (χ1n) is 4.90. The van der Waals surface area contributed by atoms with E-state index in [1.165, 1.54) is 5.56 Å². The van der Waals surface area contributed by atoms with Gasteiger partial charge < -0.3 is 10.2 Å². The Balaban J connectivity index is 2.56. The minimum atomic E-state index is 0.767. The average Bonchev–Trinajstić information content (AvgIpc) is 2.19. The van der Waals surface area contributed by atoms with Crippen molar-refractivity contribution in [2.45, 2.75) is 6.54 Å². The van der Waals surface area contributed by atoms with Crippen molar-refractivity contribution in [2.24, 2.45) is 0 Å². The molecule has 0 aliphatic rings. The topological polar surface area (TPSA) is 15.3 Å². The Kier molecular flexibility index (Phi) is 5.61. The zero-order chi connectivity index (χ0) is 11.3. The highest BCUT2D eigenvalue weighted by atomic mass is 79.9. The standard InChI is InChI=1S/C11H16BrClN2/c1-14-5-6-15(2)8-9-3-4-10(13)7-11(9)12/h3-4,7,14H,5-6,8H2,1-2H3. The molecule has 84 valence electrons. The van der Waals surface area contributed by atoms with Crippen molar-refractivity contribution in [1.82, 2.24) is 10.2 Å². The van der Waals surface area contributed by atoms with E-state index in [-0.39, 0.29) is 0 Å². The van der Waals surface area contributed by atoms with E-state index in [2.05, 4.69) is 39.3 Å². The molecule has 1 N–H and O–H groups in total. The lowest BCUT2D eigenvalue weighted by molar-refractivity contribution is 0.327. The van der Waals surface area contributed by atoms with Gasteiger partial charge in [-0.2, -0.15) is 0 Å². The molecule has 0 fully saturated rings. The van der Waals surface area contributed by atoms with Crippen molar-refractivity contribution in [3.63, 3.8) is 0 Å². The number of halogens is 2. The maximum atomic E-state index is 5.88. The summed E-state index contributed by atoms with van der Waals surface area (Å²) in [6.45, 7) is 2.96. The predicted octanol–water partition coefficient (Wildman–Crippen LogP) is 2.75. The Morgan fingerprint density at radius 2 is 2.20 bits per heavy atom. The summed E-state index contributed by atoms with van der Waals surface area (Å²) in [5.41, 5.74) is 1.26. The average molecular weight is 292 g/mol. The first-order chi connectivity index (χ1) is 7.13. The van der Waals surface area contributed by atoms with Crippen LogP contribution in [0.25, 0.3) is 0 Å². The Morgan fingerprint density at radius 3 is 2.80 bits per heavy atom. The van der Waals surface area contributed by atoms with E-state index in [1.807, 2.05) is 19.2 Å². The minimum Gasteiger partial charge on any atom is -0.318 e. The second-order valence-corrected chi connectivity index (χ2v) is 4.87. The second kappa shape index (κ2) is 6.48. The second-order valence-electron chi connectivity index (χ2n) is 3.58. The van der Waals surface area contributed by atoms with Gasteiger partial charge >= 0.3 is 0 Å². The van der Waals surface area contributed by atoms with Gasteiger partial charge in [0.05, 0.1) is 0 Å². The largest absolute Gasteiger partial charge is 0.318 e. The van der Waals surface area contributed by atoms with Gasteiger partial charge in [0.25, 0.3) is 0 Å². The van der Waals surface area contributed by atoms with Crippen LogP contribution in [0.15, 0.2) is 22.7 Å². The van der Waals surface area contributed by atoms with E-state index < -0.39 is 0 Å². The van der Waals surface area contributed by atoms with Crippen LogP contribution in [-0.4, -0.2) is 32.1 Å². The first-order valence-corrected chi connectivity index (χ1v) is 6.07. The van der Waals surface area contributed by atoms with Crippen molar-refractivity contribution in [3.05, 3.63) is 33.3 Å².